The van der Waals surface area contributed by atoms with Crippen molar-refractivity contribution < 1.29 is 9.53 Å². The highest BCUT2D eigenvalue weighted by atomic mass is 16.5. The highest BCUT2D eigenvalue weighted by molar-refractivity contribution is 5.77. The number of hydrogen-bond donors (Lipinski definition) is 2. The van der Waals surface area contributed by atoms with Gasteiger partial charge in [-0.15, -0.1) is 0 Å². The standard InChI is InChI=1S/C13H26N2O2/c1-5-11(6-2)10(3)15-12(16)7-17-13(4)8-14-9-13/h10-11,14H,5-9H2,1-4H3,(H,15,16). The lowest BCUT2D eigenvalue weighted by Crippen LogP contribution is -2.59. The SMILES string of the molecule is CCC(CC)C(C)NC(=O)COC1(C)CNC1. The zero-order chi connectivity index (χ0) is 12.9. The molecule has 1 fully saturated rings. The van der Waals surface area contributed by atoms with E-state index in [9.17, 15) is 4.79 Å². The molecule has 1 saturated heterocycles. The first-order valence-corrected chi connectivity index (χ1v) is 6.64. The Hall–Kier alpha value is -0.610. The zero-order valence-corrected chi connectivity index (χ0v) is 11.5. The van der Waals surface area contributed by atoms with Crippen LogP contribution in [0.15, 0.2) is 0 Å². The van der Waals surface area contributed by atoms with E-state index in [0.717, 1.165) is 25.9 Å². The van der Waals surface area contributed by atoms with Gasteiger partial charge in [0.15, 0.2) is 0 Å². The molecule has 1 amide bonds. The third-order valence-corrected chi connectivity index (χ3v) is 3.69. The molecule has 0 bridgehead atoms. The minimum absolute atomic E-state index is 0.00229. The minimum Gasteiger partial charge on any atom is -0.363 e. The fraction of sp³-hybridized carbons (Fsp3) is 0.923. The number of carbonyl (C=O) groups excluding carboxylic acids is 1. The number of nitrogens with one attached hydrogen (secondary N) is 2. The number of ether oxygens (including phenoxy) is 1. The first kappa shape index (κ1) is 14.5. The molecule has 1 heterocycles. The van der Waals surface area contributed by atoms with Crippen LogP contribution in [0.25, 0.3) is 0 Å². The number of amides is 1. The summed E-state index contributed by atoms with van der Waals surface area (Å²) in [5.74, 6) is 0.553. The molecule has 1 unspecified atom stereocenters. The van der Waals surface area contributed by atoms with E-state index in [1.807, 2.05) is 6.92 Å². The lowest BCUT2D eigenvalue weighted by atomic mass is 9.95. The molecule has 0 aromatic heterocycles. The molecule has 4 heteroatoms. The Morgan fingerprint density at radius 3 is 2.41 bits per heavy atom. The molecule has 1 rings (SSSR count). The normalized spacial score (nSPS) is 19.8. The van der Waals surface area contributed by atoms with Crippen LogP contribution in [0.2, 0.25) is 0 Å². The summed E-state index contributed by atoms with van der Waals surface area (Å²) in [7, 11) is 0. The highest BCUT2D eigenvalue weighted by Crippen LogP contribution is 2.15. The Labute approximate surface area is 104 Å². The van der Waals surface area contributed by atoms with Crippen LogP contribution in [0.3, 0.4) is 0 Å². The Bertz CT molecular complexity index is 248. The summed E-state index contributed by atoms with van der Waals surface area (Å²) in [6.45, 7) is 10.3. The number of carbonyl (C=O) groups is 1. The molecular formula is C13H26N2O2. The summed E-state index contributed by atoms with van der Waals surface area (Å²) in [6, 6.07) is 0.230. The summed E-state index contributed by atoms with van der Waals surface area (Å²) < 4.78 is 5.60. The summed E-state index contributed by atoms with van der Waals surface area (Å²) in [5.41, 5.74) is -0.143. The zero-order valence-electron chi connectivity index (χ0n) is 11.5. The Balaban J connectivity index is 2.24. The summed E-state index contributed by atoms with van der Waals surface area (Å²) in [4.78, 5) is 11.7. The largest absolute Gasteiger partial charge is 0.363 e. The summed E-state index contributed by atoms with van der Waals surface area (Å²) in [6.07, 6.45) is 2.20. The molecule has 100 valence electrons. The van der Waals surface area contributed by atoms with E-state index in [4.69, 9.17) is 4.74 Å². The van der Waals surface area contributed by atoms with Gasteiger partial charge in [0.05, 0.1) is 5.60 Å². The average Bonchev–Trinajstić information content (AvgIpc) is 2.25. The van der Waals surface area contributed by atoms with Crippen molar-refractivity contribution in [3.63, 3.8) is 0 Å². The van der Waals surface area contributed by atoms with Crippen molar-refractivity contribution in [3.05, 3.63) is 0 Å². The van der Waals surface area contributed by atoms with Gasteiger partial charge in [0, 0.05) is 19.1 Å². The van der Waals surface area contributed by atoms with Gasteiger partial charge >= 0.3 is 0 Å². The van der Waals surface area contributed by atoms with Crippen molar-refractivity contribution in [3.8, 4) is 0 Å². The third kappa shape index (κ3) is 4.28. The van der Waals surface area contributed by atoms with Crippen molar-refractivity contribution >= 4 is 5.91 Å². The van der Waals surface area contributed by atoms with Crippen LogP contribution < -0.4 is 10.6 Å². The van der Waals surface area contributed by atoms with Crippen LogP contribution >= 0.6 is 0 Å². The van der Waals surface area contributed by atoms with Crippen LogP contribution in [0.5, 0.6) is 0 Å². The van der Waals surface area contributed by atoms with Crippen LogP contribution in [0, 0.1) is 5.92 Å². The first-order valence-electron chi connectivity index (χ1n) is 6.64. The van der Waals surface area contributed by atoms with Crippen molar-refractivity contribution in [2.24, 2.45) is 5.92 Å². The lowest BCUT2D eigenvalue weighted by molar-refractivity contribution is -0.136. The predicted molar refractivity (Wildman–Crippen MR) is 68.9 cm³/mol. The van der Waals surface area contributed by atoms with Gasteiger partial charge in [-0.25, -0.2) is 0 Å². The second kappa shape index (κ2) is 6.36. The van der Waals surface area contributed by atoms with Crippen LogP contribution in [-0.4, -0.2) is 37.2 Å². The lowest BCUT2D eigenvalue weighted by Gasteiger charge is -2.38. The molecular weight excluding hydrogens is 216 g/mol. The highest BCUT2D eigenvalue weighted by Gasteiger charge is 2.33. The van der Waals surface area contributed by atoms with Gasteiger partial charge < -0.3 is 15.4 Å². The van der Waals surface area contributed by atoms with Crippen molar-refractivity contribution in [2.45, 2.75) is 52.2 Å². The van der Waals surface area contributed by atoms with Gasteiger partial charge in [-0.1, -0.05) is 26.7 Å². The molecule has 1 aliphatic heterocycles. The van der Waals surface area contributed by atoms with Crippen LogP contribution in [0.1, 0.15) is 40.5 Å². The van der Waals surface area contributed by atoms with Crippen molar-refractivity contribution in [1.29, 1.82) is 0 Å². The van der Waals surface area contributed by atoms with E-state index in [-0.39, 0.29) is 24.2 Å². The topological polar surface area (TPSA) is 50.4 Å². The average molecular weight is 242 g/mol. The molecule has 1 atom stereocenters. The fourth-order valence-electron chi connectivity index (χ4n) is 2.23. The minimum atomic E-state index is -0.143. The van der Waals surface area contributed by atoms with Gasteiger partial charge in [-0.3, -0.25) is 4.79 Å². The Morgan fingerprint density at radius 2 is 2.00 bits per heavy atom. The van der Waals surface area contributed by atoms with Gasteiger partial charge in [-0.05, 0) is 19.8 Å². The van der Waals surface area contributed by atoms with E-state index in [2.05, 4.69) is 31.4 Å². The molecule has 1 aliphatic rings. The van der Waals surface area contributed by atoms with Gasteiger partial charge in [0.25, 0.3) is 0 Å². The molecule has 0 aromatic carbocycles. The maximum Gasteiger partial charge on any atom is 0.246 e. The predicted octanol–water partition coefficient (Wildman–Crippen LogP) is 1.31. The fourth-order valence-corrected chi connectivity index (χ4v) is 2.23. The van der Waals surface area contributed by atoms with E-state index >= 15 is 0 Å². The van der Waals surface area contributed by atoms with Gasteiger partial charge in [0.2, 0.25) is 5.91 Å². The Morgan fingerprint density at radius 1 is 1.41 bits per heavy atom. The molecule has 0 radical (unpaired) electrons. The smallest absolute Gasteiger partial charge is 0.246 e. The maximum absolute atomic E-state index is 11.7. The van der Waals surface area contributed by atoms with E-state index in [0.29, 0.717) is 5.92 Å². The van der Waals surface area contributed by atoms with Crippen molar-refractivity contribution in [1.82, 2.24) is 10.6 Å². The monoisotopic (exact) mass is 242 g/mol. The Kier molecular flexibility index (Phi) is 5.40. The van der Waals surface area contributed by atoms with Crippen LogP contribution in [-0.2, 0) is 9.53 Å². The quantitative estimate of drug-likeness (QED) is 0.707. The van der Waals surface area contributed by atoms with Gasteiger partial charge in [0.1, 0.15) is 6.61 Å². The van der Waals surface area contributed by atoms with Crippen molar-refractivity contribution in [2.75, 3.05) is 19.7 Å². The molecule has 0 aliphatic carbocycles. The maximum atomic E-state index is 11.7. The van der Waals surface area contributed by atoms with Gasteiger partial charge in [-0.2, -0.15) is 0 Å². The first-order chi connectivity index (χ1) is 8.00. The molecule has 0 spiro atoms. The summed E-state index contributed by atoms with van der Waals surface area (Å²) >= 11 is 0. The molecule has 2 N–H and O–H groups in total. The number of hydrogen-bond acceptors (Lipinski definition) is 3. The van der Waals surface area contributed by atoms with Crippen LogP contribution in [0.4, 0.5) is 0 Å². The second-order valence-corrected chi connectivity index (χ2v) is 5.27. The van der Waals surface area contributed by atoms with E-state index in [1.54, 1.807) is 0 Å². The second-order valence-electron chi connectivity index (χ2n) is 5.27. The molecule has 17 heavy (non-hydrogen) atoms. The molecule has 0 aromatic rings. The molecule has 0 saturated carbocycles. The van der Waals surface area contributed by atoms with E-state index in [1.165, 1.54) is 0 Å². The third-order valence-electron chi connectivity index (χ3n) is 3.69. The number of rotatable bonds is 7. The molecule has 4 nitrogen and oxygen atoms in total. The van der Waals surface area contributed by atoms with E-state index < -0.39 is 0 Å². The summed E-state index contributed by atoms with van der Waals surface area (Å²) in [5, 5.41) is 6.16.